The van der Waals surface area contributed by atoms with E-state index < -0.39 is 0 Å². The molecule has 0 aliphatic carbocycles. The average Bonchev–Trinajstić information content (AvgIpc) is 2.44. The summed E-state index contributed by atoms with van der Waals surface area (Å²) in [6, 6.07) is 3.21. The van der Waals surface area contributed by atoms with Crippen molar-refractivity contribution in [2.24, 2.45) is 0 Å². The number of urea groups is 1. The fraction of sp³-hybridized carbons (Fsp3) is 0.357. The second-order valence-electron chi connectivity index (χ2n) is 4.27. The Balaban J connectivity index is 2.11. The number of amides is 2. The van der Waals surface area contributed by atoms with Crippen LogP contribution in [-0.2, 0) is 0 Å². The Morgan fingerprint density at radius 2 is 2.10 bits per heavy atom. The number of terminal acetylenes is 1. The molecule has 0 aromatic heterocycles. The Bertz CT molecular complexity index is 554. The molecule has 106 valence electrons. The van der Waals surface area contributed by atoms with Crippen molar-refractivity contribution >= 4 is 22.0 Å². The Morgan fingerprint density at radius 1 is 1.45 bits per heavy atom. The quantitative estimate of drug-likeness (QED) is 0.831. The van der Waals surface area contributed by atoms with E-state index in [0.29, 0.717) is 24.7 Å². The molecule has 2 rings (SSSR count). The number of fused-ring (bicyclic) bond motifs is 1. The van der Waals surface area contributed by atoms with Crippen LogP contribution >= 0.6 is 15.9 Å². The standard InChI is InChI=1S/C14H15BrN2O3/c1-3-4-16-14(18)17-9(2)10-7-12-13(8-11(10)15)20-6-5-19-12/h1,7-9H,4-6H2,2H3,(H2,16,17,18)/t9-/m1/s1. The molecule has 1 atom stereocenters. The molecule has 0 spiro atoms. The monoisotopic (exact) mass is 338 g/mol. The van der Waals surface area contributed by atoms with E-state index in [0.717, 1.165) is 10.0 Å². The van der Waals surface area contributed by atoms with Crippen molar-refractivity contribution in [2.75, 3.05) is 19.8 Å². The van der Waals surface area contributed by atoms with Crippen LogP contribution in [0, 0.1) is 12.3 Å². The molecule has 2 N–H and O–H groups in total. The predicted octanol–water partition coefficient (Wildman–Crippen LogP) is 2.21. The SMILES string of the molecule is C#CCNC(=O)N[C@H](C)c1cc2c(cc1Br)OCCO2. The summed E-state index contributed by atoms with van der Waals surface area (Å²) in [5, 5.41) is 5.36. The molecule has 2 amide bonds. The zero-order valence-electron chi connectivity index (χ0n) is 11.0. The van der Waals surface area contributed by atoms with E-state index in [1.807, 2.05) is 19.1 Å². The van der Waals surface area contributed by atoms with Gasteiger partial charge in [-0.2, -0.15) is 0 Å². The topological polar surface area (TPSA) is 59.6 Å². The maximum Gasteiger partial charge on any atom is 0.316 e. The van der Waals surface area contributed by atoms with E-state index in [9.17, 15) is 4.79 Å². The number of ether oxygens (including phenoxy) is 2. The third-order valence-corrected chi connectivity index (χ3v) is 3.51. The fourth-order valence-electron chi connectivity index (χ4n) is 1.87. The third-order valence-electron chi connectivity index (χ3n) is 2.83. The van der Waals surface area contributed by atoms with Crippen LogP contribution in [0.15, 0.2) is 16.6 Å². The molecule has 0 saturated carbocycles. The molecule has 0 unspecified atom stereocenters. The summed E-state index contributed by atoms with van der Waals surface area (Å²) >= 11 is 3.48. The van der Waals surface area contributed by atoms with Gasteiger partial charge in [0.05, 0.1) is 12.6 Å². The molecular weight excluding hydrogens is 324 g/mol. The van der Waals surface area contributed by atoms with Gasteiger partial charge in [0, 0.05) is 4.47 Å². The van der Waals surface area contributed by atoms with Gasteiger partial charge >= 0.3 is 6.03 Å². The van der Waals surface area contributed by atoms with Crippen molar-refractivity contribution in [1.82, 2.24) is 10.6 Å². The van der Waals surface area contributed by atoms with Gasteiger partial charge in [-0.3, -0.25) is 0 Å². The zero-order chi connectivity index (χ0) is 14.5. The number of carbonyl (C=O) groups excluding carboxylic acids is 1. The van der Waals surface area contributed by atoms with Crippen LogP contribution < -0.4 is 20.1 Å². The van der Waals surface area contributed by atoms with Crippen LogP contribution in [-0.4, -0.2) is 25.8 Å². The number of hydrogen-bond acceptors (Lipinski definition) is 3. The molecule has 0 fully saturated rings. The highest BCUT2D eigenvalue weighted by Gasteiger charge is 2.19. The Morgan fingerprint density at radius 3 is 2.75 bits per heavy atom. The van der Waals surface area contributed by atoms with Gasteiger partial charge < -0.3 is 20.1 Å². The summed E-state index contributed by atoms with van der Waals surface area (Å²) in [4.78, 5) is 11.6. The highest BCUT2D eigenvalue weighted by Crippen LogP contribution is 2.37. The highest BCUT2D eigenvalue weighted by atomic mass is 79.9. The lowest BCUT2D eigenvalue weighted by molar-refractivity contribution is 0.171. The smallest absolute Gasteiger partial charge is 0.316 e. The van der Waals surface area contributed by atoms with Crippen LogP contribution in [0.2, 0.25) is 0 Å². The third kappa shape index (κ3) is 3.36. The number of hydrogen-bond donors (Lipinski definition) is 2. The minimum absolute atomic E-state index is 0.195. The molecule has 1 aromatic rings. The van der Waals surface area contributed by atoms with E-state index in [1.165, 1.54) is 0 Å². The van der Waals surface area contributed by atoms with Gasteiger partial charge in [-0.05, 0) is 24.6 Å². The summed E-state index contributed by atoms with van der Waals surface area (Å²) in [6.45, 7) is 3.14. The summed E-state index contributed by atoms with van der Waals surface area (Å²) < 4.78 is 11.9. The van der Waals surface area contributed by atoms with Crippen LogP contribution in [0.1, 0.15) is 18.5 Å². The maximum absolute atomic E-state index is 11.6. The molecule has 20 heavy (non-hydrogen) atoms. The molecule has 1 aromatic carbocycles. The molecule has 6 heteroatoms. The summed E-state index contributed by atoms with van der Waals surface area (Å²) in [5.74, 6) is 3.74. The number of halogens is 1. The lowest BCUT2D eigenvalue weighted by Gasteiger charge is -2.22. The van der Waals surface area contributed by atoms with E-state index in [4.69, 9.17) is 15.9 Å². The first-order valence-electron chi connectivity index (χ1n) is 6.18. The van der Waals surface area contributed by atoms with Crippen molar-refractivity contribution in [1.29, 1.82) is 0 Å². The van der Waals surface area contributed by atoms with Crippen LogP contribution in [0.3, 0.4) is 0 Å². The molecular formula is C14H15BrN2O3. The fourth-order valence-corrected chi connectivity index (χ4v) is 2.53. The first kappa shape index (κ1) is 14.5. The van der Waals surface area contributed by atoms with Gasteiger partial charge in [0.15, 0.2) is 11.5 Å². The van der Waals surface area contributed by atoms with Crippen LogP contribution in [0.25, 0.3) is 0 Å². The largest absolute Gasteiger partial charge is 0.486 e. The normalized spacial score (nSPS) is 14.1. The van der Waals surface area contributed by atoms with Crippen molar-refractivity contribution in [3.8, 4) is 23.8 Å². The molecule has 0 radical (unpaired) electrons. The van der Waals surface area contributed by atoms with Gasteiger partial charge in [-0.15, -0.1) is 6.42 Å². The maximum atomic E-state index is 11.6. The first-order valence-corrected chi connectivity index (χ1v) is 6.98. The average molecular weight is 339 g/mol. The van der Waals surface area contributed by atoms with Gasteiger partial charge in [0.25, 0.3) is 0 Å². The van der Waals surface area contributed by atoms with Gasteiger partial charge in [0.1, 0.15) is 13.2 Å². The number of carbonyl (C=O) groups is 1. The van der Waals surface area contributed by atoms with E-state index >= 15 is 0 Å². The number of nitrogens with one attached hydrogen (secondary N) is 2. The van der Waals surface area contributed by atoms with Gasteiger partial charge in [0.2, 0.25) is 0 Å². The minimum atomic E-state index is -0.308. The van der Waals surface area contributed by atoms with E-state index in [-0.39, 0.29) is 18.6 Å². The van der Waals surface area contributed by atoms with Crippen molar-refractivity contribution in [3.63, 3.8) is 0 Å². The highest BCUT2D eigenvalue weighted by molar-refractivity contribution is 9.10. The van der Waals surface area contributed by atoms with E-state index in [1.54, 1.807) is 0 Å². The molecule has 1 aliphatic rings. The molecule has 1 heterocycles. The number of rotatable bonds is 3. The Labute approximate surface area is 126 Å². The molecule has 5 nitrogen and oxygen atoms in total. The Hall–Kier alpha value is -1.87. The first-order chi connectivity index (χ1) is 9.61. The number of benzene rings is 1. The van der Waals surface area contributed by atoms with Crippen molar-refractivity contribution < 1.29 is 14.3 Å². The summed E-state index contributed by atoms with van der Waals surface area (Å²) in [7, 11) is 0. The summed E-state index contributed by atoms with van der Waals surface area (Å²) in [6.07, 6.45) is 5.09. The second-order valence-corrected chi connectivity index (χ2v) is 5.12. The molecule has 0 bridgehead atoms. The van der Waals surface area contributed by atoms with Crippen molar-refractivity contribution in [2.45, 2.75) is 13.0 Å². The molecule has 1 aliphatic heterocycles. The predicted molar refractivity (Wildman–Crippen MR) is 78.9 cm³/mol. The van der Waals surface area contributed by atoms with Crippen LogP contribution in [0.5, 0.6) is 11.5 Å². The second kappa shape index (κ2) is 6.53. The van der Waals surface area contributed by atoms with E-state index in [2.05, 4.69) is 32.5 Å². The zero-order valence-corrected chi connectivity index (χ0v) is 12.6. The van der Waals surface area contributed by atoms with Gasteiger partial charge in [-0.1, -0.05) is 21.9 Å². The summed E-state index contributed by atoms with van der Waals surface area (Å²) in [5.41, 5.74) is 0.908. The van der Waals surface area contributed by atoms with Crippen LogP contribution in [0.4, 0.5) is 4.79 Å². The van der Waals surface area contributed by atoms with Gasteiger partial charge in [-0.25, -0.2) is 4.79 Å². The minimum Gasteiger partial charge on any atom is -0.486 e. The van der Waals surface area contributed by atoms with Crippen molar-refractivity contribution in [3.05, 3.63) is 22.2 Å². The lowest BCUT2D eigenvalue weighted by Crippen LogP contribution is -2.37. The lowest BCUT2D eigenvalue weighted by atomic mass is 10.1. The molecule has 0 saturated heterocycles. The Kier molecular flexibility index (Phi) is 4.74.